The van der Waals surface area contributed by atoms with E-state index in [9.17, 15) is 0 Å². The maximum absolute atomic E-state index is 4.76. The molecule has 2 aliphatic rings. The SMILES string of the molecule is C1=CCc2nc3n(c2=C1)-c1cc(-c2ccccc2)cnc1N=CC=3. The average molecular weight is 310 g/mol. The maximum atomic E-state index is 4.76. The molecule has 0 saturated carbocycles. The zero-order valence-electron chi connectivity index (χ0n) is 12.9. The van der Waals surface area contributed by atoms with Gasteiger partial charge in [0, 0.05) is 24.4 Å². The van der Waals surface area contributed by atoms with Crippen LogP contribution in [-0.2, 0) is 6.42 Å². The van der Waals surface area contributed by atoms with E-state index < -0.39 is 0 Å². The Kier molecular flexibility index (Phi) is 2.82. The normalized spacial score (nSPS) is 14.0. The molecule has 3 aromatic rings. The second-order valence-corrected chi connectivity index (χ2v) is 5.81. The minimum absolute atomic E-state index is 0.716. The van der Waals surface area contributed by atoms with Gasteiger partial charge in [-0.15, -0.1) is 0 Å². The number of imidazole rings is 1. The Hall–Kier alpha value is -3.27. The van der Waals surface area contributed by atoms with Crippen molar-refractivity contribution in [1.29, 1.82) is 0 Å². The summed E-state index contributed by atoms with van der Waals surface area (Å²) in [5.41, 5.74) is 5.18. The first-order valence-electron chi connectivity index (χ1n) is 7.95. The molecule has 1 aromatic carbocycles. The van der Waals surface area contributed by atoms with Gasteiger partial charge in [-0.1, -0.05) is 42.5 Å². The van der Waals surface area contributed by atoms with Gasteiger partial charge in [0.05, 0.1) is 16.7 Å². The first-order valence-corrected chi connectivity index (χ1v) is 7.95. The zero-order chi connectivity index (χ0) is 15.9. The number of nitrogens with zero attached hydrogens (tertiary/aromatic N) is 4. The maximum Gasteiger partial charge on any atom is 0.176 e. The van der Waals surface area contributed by atoms with Gasteiger partial charge in [0.2, 0.25) is 0 Å². The molecule has 24 heavy (non-hydrogen) atoms. The monoisotopic (exact) mass is 310 g/mol. The Morgan fingerprint density at radius 1 is 1.00 bits per heavy atom. The topological polar surface area (TPSA) is 43.1 Å². The van der Waals surface area contributed by atoms with Crippen LogP contribution in [0.2, 0.25) is 0 Å². The van der Waals surface area contributed by atoms with Crippen molar-refractivity contribution in [3.63, 3.8) is 0 Å². The number of rotatable bonds is 1. The third kappa shape index (κ3) is 1.97. The van der Waals surface area contributed by atoms with E-state index in [2.05, 4.69) is 51.0 Å². The number of allylic oxidation sites excluding steroid dienone is 2. The third-order valence-electron chi connectivity index (χ3n) is 4.33. The van der Waals surface area contributed by atoms with E-state index in [1.807, 2.05) is 30.5 Å². The summed E-state index contributed by atoms with van der Waals surface area (Å²) in [7, 11) is 0. The van der Waals surface area contributed by atoms with Crippen molar-refractivity contribution in [2.75, 3.05) is 0 Å². The van der Waals surface area contributed by atoms with Crippen molar-refractivity contribution in [1.82, 2.24) is 14.5 Å². The summed E-state index contributed by atoms with van der Waals surface area (Å²) in [5.74, 6) is 0.716. The molecule has 0 atom stereocenters. The lowest BCUT2D eigenvalue weighted by atomic mass is 10.1. The smallest absolute Gasteiger partial charge is 0.176 e. The molecule has 0 amide bonds. The fraction of sp³-hybridized carbons (Fsp3) is 0.0500. The molecule has 4 heteroatoms. The predicted molar refractivity (Wildman–Crippen MR) is 96.0 cm³/mol. The summed E-state index contributed by atoms with van der Waals surface area (Å²) in [6.07, 6.45) is 12.8. The summed E-state index contributed by atoms with van der Waals surface area (Å²) in [6.45, 7) is 0. The second-order valence-electron chi connectivity index (χ2n) is 5.81. The molecule has 0 radical (unpaired) electrons. The second kappa shape index (κ2) is 5.13. The highest BCUT2D eigenvalue weighted by Gasteiger charge is 2.16. The van der Waals surface area contributed by atoms with Crippen molar-refractivity contribution >= 4 is 24.2 Å². The molecular formula is C20H14N4. The first-order chi connectivity index (χ1) is 11.9. The number of hydrogen-bond acceptors (Lipinski definition) is 3. The average Bonchev–Trinajstić information content (AvgIpc) is 2.91. The molecule has 0 unspecified atom stereocenters. The largest absolute Gasteiger partial charge is 0.289 e. The van der Waals surface area contributed by atoms with Crippen molar-refractivity contribution in [3.8, 4) is 16.8 Å². The van der Waals surface area contributed by atoms with Gasteiger partial charge in [-0.25, -0.2) is 15.0 Å². The minimum Gasteiger partial charge on any atom is -0.289 e. The summed E-state index contributed by atoms with van der Waals surface area (Å²) in [4.78, 5) is 13.8. The van der Waals surface area contributed by atoms with Crippen LogP contribution in [0, 0.1) is 0 Å². The number of hydrogen-bond donors (Lipinski definition) is 0. The van der Waals surface area contributed by atoms with E-state index in [0.29, 0.717) is 5.82 Å². The van der Waals surface area contributed by atoms with Crippen molar-refractivity contribution < 1.29 is 0 Å². The van der Waals surface area contributed by atoms with Gasteiger partial charge >= 0.3 is 0 Å². The summed E-state index contributed by atoms with van der Waals surface area (Å²) in [6, 6.07) is 12.4. The van der Waals surface area contributed by atoms with Crippen LogP contribution in [0.5, 0.6) is 0 Å². The Labute approximate surface area is 138 Å². The molecule has 0 fully saturated rings. The number of aliphatic imine (C=N–C) groups is 1. The van der Waals surface area contributed by atoms with E-state index in [1.165, 1.54) is 0 Å². The van der Waals surface area contributed by atoms with Crippen LogP contribution in [0.3, 0.4) is 0 Å². The highest BCUT2D eigenvalue weighted by molar-refractivity contribution is 5.93. The molecule has 114 valence electrons. The summed E-state index contributed by atoms with van der Waals surface area (Å²) < 4.78 is 2.15. The molecule has 3 heterocycles. The Morgan fingerprint density at radius 3 is 2.83 bits per heavy atom. The quantitative estimate of drug-likeness (QED) is 0.692. The standard InChI is InChI=1S/C20H14N4/c1-2-6-14(7-3-1)15-12-18-20(22-13-15)21-11-10-19-23-16-8-4-5-9-17(16)24(18)19/h1-7,9-13H,8H2. The van der Waals surface area contributed by atoms with Crippen LogP contribution in [0.1, 0.15) is 5.69 Å². The Bertz CT molecular complexity index is 1120. The number of benzene rings is 1. The fourth-order valence-corrected chi connectivity index (χ4v) is 3.20. The van der Waals surface area contributed by atoms with Crippen molar-refractivity contribution in [3.05, 3.63) is 71.3 Å². The molecule has 0 bridgehead atoms. The van der Waals surface area contributed by atoms with Crippen LogP contribution < -0.4 is 10.8 Å². The van der Waals surface area contributed by atoms with Crippen molar-refractivity contribution in [2.24, 2.45) is 4.99 Å². The van der Waals surface area contributed by atoms with Crippen molar-refractivity contribution in [2.45, 2.75) is 6.42 Å². The lowest BCUT2D eigenvalue weighted by Crippen LogP contribution is -2.26. The Balaban J connectivity index is 1.82. The van der Waals surface area contributed by atoms with Gasteiger partial charge < -0.3 is 0 Å². The van der Waals surface area contributed by atoms with Gasteiger partial charge in [0.1, 0.15) is 5.48 Å². The van der Waals surface area contributed by atoms with E-state index in [0.717, 1.165) is 39.8 Å². The molecule has 1 aliphatic heterocycles. The van der Waals surface area contributed by atoms with Gasteiger partial charge in [0.15, 0.2) is 5.82 Å². The van der Waals surface area contributed by atoms with E-state index in [4.69, 9.17) is 4.98 Å². The molecule has 5 rings (SSSR count). The van der Waals surface area contributed by atoms with Gasteiger partial charge in [0.25, 0.3) is 0 Å². The highest BCUT2D eigenvalue weighted by Crippen LogP contribution is 2.26. The van der Waals surface area contributed by atoms with E-state index in [-0.39, 0.29) is 0 Å². The predicted octanol–water partition coefficient (Wildman–Crippen LogP) is 2.32. The van der Waals surface area contributed by atoms with E-state index >= 15 is 0 Å². The zero-order valence-corrected chi connectivity index (χ0v) is 12.9. The van der Waals surface area contributed by atoms with Gasteiger partial charge in [-0.2, -0.15) is 0 Å². The van der Waals surface area contributed by atoms with E-state index in [1.54, 1.807) is 6.21 Å². The molecule has 2 aromatic heterocycles. The summed E-state index contributed by atoms with van der Waals surface area (Å²) >= 11 is 0. The third-order valence-corrected chi connectivity index (χ3v) is 4.33. The van der Waals surface area contributed by atoms with Gasteiger partial charge in [-0.3, -0.25) is 4.57 Å². The molecule has 1 aliphatic carbocycles. The minimum atomic E-state index is 0.716. The number of pyridine rings is 1. The molecule has 0 spiro atoms. The number of aromatic nitrogens is 3. The van der Waals surface area contributed by atoms with Gasteiger partial charge in [-0.05, 0) is 23.8 Å². The molecule has 0 saturated heterocycles. The first kappa shape index (κ1) is 13.2. The Morgan fingerprint density at radius 2 is 1.92 bits per heavy atom. The molecule has 0 N–H and O–H groups in total. The lowest BCUT2D eigenvalue weighted by Gasteiger charge is -2.10. The lowest BCUT2D eigenvalue weighted by molar-refractivity contribution is 0.962. The fourth-order valence-electron chi connectivity index (χ4n) is 3.20. The van der Waals surface area contributed by atoms with Crippen LogP contribution in [0.4, 0.5) is 5.82 Å². The molecular weight excluding hydrogens is 296 g/mol. The van der Waals surface area contributed by atoms with Crippen LogP contribution in [-0.4, -0.2) is 20.7 Å². The number of fused-ring (bicyclic) bond motifs is 5. The van der Waals surface area contributed by atoms with Crippen LogP contribution in [0.25, 0.3) is 29.0 Å². The van der Waals surface area contributed by atoms with Crippen LogP contribution in [0.15, 0.2) is 59.7 Å². The highest BCUT2D eigenvalue weighted by atomic mass is 15.1. The summed E-state index contributed by atoms with van der Waals surface area (Å²) in [5, 5.41) is 1.11. The molecule has 4 nitrogen and oxygen atoms in total. The van der Waals surface area contributed by atoms with Crippen LogP contribution >= 0.6 is 0 Å².